The highest BCUT2D eigenvalue weighted by Crippen LogP contribution is 2.52. The zero-order valence-corrected chi connectivity index (χ0v) is 27.5. The number of aliphatic hydroxyl groups is 1. The summed E-state index contributed by atoms with van der Waals surface area (Å²) in [6.45, 7) is 10.6. The standard InChI is InChI=1S/C37H47F3N4O2/c1-5-46-22-24-20-41-35(42-21-24)44-16-12-27(13-17-44)34-32(33(38)26-8-6-23(2)7-9-26)30(25-10-14-37(39,40)15-11-25)31-28(43-34)18-36(3,4)19-29(31)45/h6-9,20-21,25,27,29,33,45H,5,10-19,22H2,1-4H3. The zero-order valence-electron chi connectivity index (χ0n) is 27.5. The first kappa shape index (κ1) is 32.9. The van der Waals surface area contributed by atoms with Gasteiger partial charge in [-0.2, -0.15) is 0 Å². The molecular formula is C37H47F3N4O2. The number of ether oxygens (including phenoxy) is 1. The molecule has 1 saturated heterocycles. The van der Waals surface area contributed by atoms with E-state index in [2.05, 4.69) is 28.7 Å². The minimum Gasteiger partial charge on any atom is -0.388 e. The van der Waals surface area contributed by atoms with Gasteiger partial charge in [0.15, 0.2) is 6.17 Å². The Bertz CT molecular complexity index is 1490. The summed E-state index contributed by atoms with van der Waals surface area (Å²) in [7, 11) is 0. The predicted molar refractivity (Wildman–Crippen MR) is 173 cm³/mol. The van der Waals surface area contributed by atoms with Gasteiger partial charge in [-0.1, -0.05) is 43.7 Å². The number of anilines is 1. The van der Waals surface area contributed by atoms with E-state index in [-0.39, 0.29) is 42.9 Å². The third-order valence-electron chi connectivity index (χ3n) is 10.2. The van der Waals surface area contributed by atoms with Crippen molar-refractivity contribution in [3.05, 3.63) is 81.4 Å². The van der Waals surface area contributed by atoms with E-state index in [0.29, 0.717) is 61.8 Å². The number of aryl methyl sites for hydroxylation is 1. The third-order valence-corrected chi connectivity index (χ3v) is 10.2. The average Bonchev–Trinajstić information content (AvgIpc) is 3.03. The number of alkyl halides is 3. The van der Waals surface area contributed by atoms with E-state index in [1.165, 1.54) is 0 Å². The zero-order chi connectivity index (χ0) is 32.6. The first-order valence-electron chi connectivity index (χ1n) is 16.9. The molecule has 9 heteroatoms. The smallest absolute Gasteiger partial charge is 0.248 e. The van der Waals surface area contributed by atoms with Crippen molar-refractivity contribution in [2.75, 3.05) is 24.6 Å². The Kier molecular flexibility index (Phi) is 9.45. The summed E-state index contributed by atoms with van der Waals surface area (Å²) in [5.41, 5.74) is 5.79. The van der Waals surface area contributed by atoms with Gasteiger partial charge in [0.1, 0.15) is 0 Å². The molecule has 46 heavy (non-hydrogen) atoms. The van der Waals surface area contributed by atoms with E-state index >= 15 is 4.39 Å². The highest BCUT2D eigenvalue weighted by Gasteiger charge is 2.43. The lowest BCUT2D eigenvalue weighted by atomic mass is 9.68. The first-order valence-corrected chi connectivity index (χ1v) is 16.9. The molecule has 3 aliphatic rings. The van der Waals surface area contributed by atoms with Crippen molar-refractivity contribution in [3.63, 3.8) is 0 Å². The van der Waals surface area contributed by atoms with Crippen LogP contribution in [0.3, 0.4) is 0 Å². The van der Waals surface area contributed by atoms with E-state index in [1.807, 2.05) is 38.1 Å². The largest absolute Gasteiger partial charge is 0.388 e. The molecule has 1 aliphatic heterocycles. The summed E-state index contributed by atoms with van der Waals surface area (Å²) in [6.07, 6.45) is 4.04. The number of aliphatic hydroxyl groups excluding tert-OH is 1. The molecule has 3 aromatic rings. The number of hydrogen-bond acceptors (Lipinski definition) is 6. The Hall–Kier alpha value is -3.04. The molecule has 2 unspecified atom stereocenters. The molecule has 1 N–H and O–H groups in total. The second kappa shape index (κ2) is 13.2. The molecular weight excluding hydrogens is 589 g/mol. The quantitative estimate of drug-likeness (QED) is 0.268. The van der Waals surface area contributed by atoms with Crippen LogP contribution in [0.2, 0.25) is 0 Å². The van der Waals surface area contributed by atoms with Crippen LogP contribution in [0.15, 0.2) is 36.7 Å². The van der Waals surface area contributed by atoms with Crippen molar-refractivity contribution in [2.24, 2.45) is 5.41 Å². The van der Waals surface area contributed by atoms with Gasteiger partial charge in [0.25, 0.3) is 0 Å². The first-order chi connectivity index (χ1) is 21.9. The molecule has 0 bridgehead atoms. The van der Waals surface area contributed by atoms with Gasteiger partial charge in [-0.05, 0) is 74.8 Å². The Labute approximate surface area is 270 Å². The summed E-state index contributed by atoms with van der Waals surface area (Å²) in [4.78, 5) is 16.6. The lowest BCUT2D eigenvalue weighted by molar-refractivity contribution is -0.0385. The Morgan fingerprint density at radius 1 is 0.978 bits per heavy atom. The highest BCUT2D eigenvalue weighted by atomic mass is 19.3. The molecule has 2 aromatic heterocycles. The topological polar surface area (TPSA) is 71.4 Å². The van der Waals surface area contributed by atoms with Crippen molar-refractivity contribution in [1.82, 2.24) is 15.0 Å². The molecule has 0 spiro atoms. The van der Waals surface area contributed by atoms with Gasteiger partial charge in [-0.3, -0.25) is 4.98 Å². The molecule has 6 rings (SSSR count). The molecule has 2 atom stereocenters. The Balaban J connectivity index is 1.41. The monoisotopic (exact) mass is 636 g/mol. The number of pyridine rings is 1. The van der Waals surface area contributed by atoms with Crippen LogP contribution in [-0.2, 0) is 17.8 Å². The number of halogens is 3. The van der Waals surface area contributed by atoms with E-state index < -0.39 is 18.2 Å². The van der Waals surface area contributed by atoms with Crippen molar-refractivity contribution in [3.8, 4) is 0 Å². The fourth-order valence-electron chi connectivity index (χ4n) is 7.77. The van der Waals surface area contributed by atoms with Gasteiger partial charge < -0.3 is 14.7 Å². The predicted octanol–water partition coefficient (Wildman–Crippen LogP) is 8.46. The lowest BCUT2D eigenvalue weighted by Gasteiger charge is -2.41. The maximum Gasteiger partial charge on any atom is 0.248 e. The maximum absolute atomic E-state index is 17.2. The van der Waals surface area contributed by atoms with Gasteiger partial charge in [0, 0.05) is 73.2 Å². The number of benzene rings is 1. The van der Waals surface area contributed by atoms with Gasteiger partial charge in [-0.15, -0.1) is 0 Å². The maximum atomic E-state index is 17.2. The summed E-state index contributed by atoms with van der Waals surface area (Å²) in [6, 6.07) is 7.45. The summed E-state index contributed by atoms with van der Waals surface area (Å²) in [5, 5.41) is 11.6. The number of aromatic nitrogens is 3. The minimum absolute atomic E-state index is 0.0246. The van der Waals surface area contributed by atoms with E-state index in [9.17, 15) is 13.9 Å². The van der Waals surface area contributed by atoms with Crippen LogP contribution in [0, 0.1) is 12.3 Å². The number of fused-ring (bicyclic) bond motifs is 1. The normalized spacial score (nSPS) is 22.4. The van der Waals surface area contributed by atoms with Crippen LogP contribution in [0.4, 0.5) is 19.1 Å². The van der Waals surface area contributed by atoms with E-state index in [1.54, 1.807) is 12.4 Å². The summed E-state index contributed by atoms with van der Waals surface area (Å²) < 4.78 is 51.5. The number of piperidine rings is 1. The molecule has 3 heterocycles. The van der Waals surface area contributed by atoms with Gasteiger partial charge in [0.05, 0.1) is 18.4 Å². The summed E-state index contributed by atoms with van der Waals surface area (Å²) in [5.74, 6) is -2.33. The van der Waals surface area contributed by atoms with Crippen LogP contribution in [-0.4, -0.2) is 45.7 Å². The molecule has 1 aromatic carbocycles. The van der Waals surface area contributed by atoms with Gasteiger partial charge in [0.2, 0.25) is 11.9 Å². The van der Waals surface area contributed by atoms with Crippen LogP contribution in [0.1, 0.15) is 135 Å². The molecule has 248 valence electrons. The SMILES string of the molecule is CCOCc1cnc(N2CCC(c3nc4c(c(C5CCC(F)(F)CC5)c3C(F)c3ccc(C)cc3)C(O)CC(C)(C)C4)CC2)nc1. The third kappa shape index (κ3) is 6.96. The van der Waals surface area contributed by atoms with Gasteiger partial charge in [-0.25, -0.2) is 23.1 Å². The minimum atomic E-state index is -2.71. The highest BCUT2D eigenvalue weighted by molar-refractivity contribution is 5.51. The molecule has 2 aliphatic carbocycles. The molecule has 0 amide bonds. The van der Waals surface area contributed by atoms with Crippen LogP contribution in [0.5, 0.6) is 0 Å². The van der Waals surface area contributed by atoms with Crippen molar-refractivity contribution in [2.45, 2.75) is 116 Å². The van der Waals surface area contributed by atoms with E-state index in [0.717, 1.165) is 40.9 Å². The van der Waals surface area contributed by atoms with Crippen LogP contribution < -0.4 is 4.90 Å². The Morgan fingerprint density at radius 3 is 2.26 bits per heavy atom. The second-order valence-electron chi connectivity index (χ2n) is 14.4. The number of nitrogens with zero attached hydrogens (tertiary/aromatic N) is 4. The second-order valence-corrected chi connectivity index (χ2v) is 14.4. The van der Waals surface area contributed by atoms with Crippen LogP contribution in [0.25, 0.3) is 0 Å². The van der Waals surface area contributed by atoms with Crippen LogP contribution >= 0.6 is 0 Å². The van der Waals surface area contributed by atoms with Crippen molar-refractivity contribution < 1.29 is 23.0 Å². The van der Waals surface area contributed by atoms with Gasteiger partial charge >= 0.3 is 0 Å². The molecule has 6 nitrogen and oxygen atoms in total. The Morgan fingerprint density at radius 2 is 1.63 bits per heavy atom. The number of hydrogen-bond donors (Lipinski definition) is 1. The average molecular weight is 637 g/mol. The number of rotatable bonds is 8. The fourth-order valence-corrected chi connectivity index (χ4v) is 7.77. The fraction of sp³-hybridized carbons (Fsp3) is 0.595. The summed E-state index contributed by atoms with van der Waals surface area (Å²) >= 11 is 0. The van der Waals surface area contributed by atoms with E-state index in [4.69, 9.17) is 9.72 Å². The van der Waals surface area contributed by atoms with Crippen molar-refractivity contribution >= 4 is 5.95 Å². The molecule has 0 radical (unpaired) electrons. The lowest BCUT2D eigenvalue weighted by Crippen LogP contribution is -2.36. The molecule has 2 fully saturated rings. The van der Waals surface area contributed by atoms with Crippen molar-refractivity contribution in [1.29, 1.82) is 0 Å². The molecule has 1 saturated carbocycles.